The van der Waals surface area contributed by atoms with Gasteiger partial charge in [-0.15, -0.1) is 0 Å². The van der Waals surface area contributed by atoms with Crippen molar-refractivity contribution in [1.82, 2.24) is 0 Å². The van der Waals surface area contributed by atoms with Crippen LogP contribution in [-0.4, -0.2) is 48.8 Å². The van der Waals surface area contributed by atoms with Crippen LogP contribution in [0.5, 0.6) is 11.5 Å². The van der Waals surface area contributed by atoms with E-state index in [1.54, 1.807) is 0 Å². The van der Waals surface area contributed by atoms with Gasteiger partial charge in [-0.25, -0.2) is 0 Å². The van der Waals surface area contributed by atoms with Crippen molar-refractivity contribution in [2.24, 2.45) is 0 Å². The highest BCUT2D eigenvalue weighted by Gasteiger charge is 2.29. The van der Waals surface area contributed by atoms with Gasteiger partial charge in [0.15, 0.2) is 0 Å². The van der Waals surface area contributed by atoms with Crippen LogP contribution in [0.25, 0.3) is 0 Å². The molecule has 2 fully saturated rings. The molecule has 4 rings (SSSR count). The van der Waals surface area contributed by atoms with Crippen molar-refractivity contribution in [2.75, 3.05) is 26.4 Å². The molecule has 2 unspecified atom stereocenters. The minimum atomic E-state index is -0.151. The summed E-state index contributed by atoms with van der Waals surface area (Å²) in [5, 5.41) is 22.1. The predicted molar refractivity (Wildman–Crippen MR) is 164 cm³/mol. The Balaban J connectivity index is 0.000000407. The zero-order valence-electron chi connectivity index (χ0n) is 27.1. The van der Waals surface area contributed by atoms with E-state index >= 15 is 0 Å². The van der Waals surface area contributed by atoms with Gasteiger partial charge in [0.25, 0.3) is 0 Å². The summed E-state index contributed by atoms with van der Waals surface area (Å²) >= 11 is 0. The summed E-state index contributed by atoms with van der Waals surface area (Å²) in [5.41, 5.74) is 5.73. The Morgan fingerprint density at radius 2 is 0.825 bits per heavy atom. The number of phenolic OH excluding ortho intramolecular Hbond substituents is 2. The van der Waals surface area contributed by atoms with Crippen LogP contribution in [0.4, 0.5) is 0 Å². The second-order valence-electron chi connectivity index (χ2n) is 15.7. The Kier molecular flexibility index (Phi) is 9.45. The highest BCUT2D eigenvalue weighted by Crippen LogP contribution is 2.42. The molecule has 2 saturated heterocycles. The van der Waals surface area contributed by atoms with Crippen molar-refractivity contribution in [2.45, 2.75) is 123 Å². The van der Waals surface area contributed by atoms with E-state index in [2.05, 4.69) is 107 Å². The maximum absolute atomic E-state index is 11.1. The molecule has 2 N–H and O–H groups in total. The first-order valence-corrected chi connectivity index (χ1v) is 14.7. The van der Waals surface area contributed by atoms with E-state index in [0.717, 1.165) is 55.1 Å². The smallest absolute Gasteiger partial charge is 0.123 e. The highest BCUT2D eigenvalue weighted by atomic mass is 16.6. The van der Waals surface area contributed by atoms with Gasteiger partial charge in [0.1, 0.15) is 23.7 Å². The molecule has 2 atom stereocenters. The fourth-order valence-electron chi connectivity index (χ4n) is 4.77. The number of phenols is 2. The molecule has 5 nitrogen and oxygen atoms in total. The van der Waals surface area contributed by atoms with Crippen LogP contribution in [0.2, 0.25) is 0 Å². The Hall–Kier alpha value is -2.08. The van der Waals surface area contributed by atoms with Gasteiger partial charge in [0.2, 0.25) is 0 Å². The van der Waals surface area contributed by atoms with Crippen LogP contribution in [0.15, 0.2) is 24.3 Å². The maximum Gasteiger partial charge on any atom is 0.123 e. The Labute approximate surface area is 243 Å². The molecule has 40 heavy (non-hydrogen) atoms. The largest absolute Gasteiger partial charge is 0.507 e. The van der Waals surface area contributed by atoms with Crippen molar-refractivity contribution in [1.29, 1.82) is 0 Å². The number of ether oxygens (including phenoxy) is 3. The number of hydrogen-bond acceptors (Lipinski definition) is 5. The summed E-state index contributed by atoms with van der Waals surface area (Å²) in [5.74, 6) is 0.834. The summed E-state index contributed by atoms with van der Waals surface area (Å²) in [4.78, 5) is 0. The molecule has 224 valence electrons. The van der Waals surface area contributed by atoms with Gasteiger partial charge in [-0.2, -0.15) is 0 Å². The Morgan fingerprint density at radius 1 is 0.575 bits per heavy atom. The predicted octanol–water partition coefficient (Wildman–Crippen LogP) is 7.68. The van der Waals surface area contributed by atoms with Crippen LogP contribution in [0.1, 0.15) is 116 Å². The van der Waals surface area contributed by atoms with Crippen molar-refractivity contribution >= 4 is 0 Å². The molecule has 0 saturated carbocycles. The molecule has 2 aromatic carbocycles. The van der Waals surface area contributed by atoms with Gasteiger partial charge >= 0.3 is 0 Å². The molecule has 0 bridgehead atoms. The van der Waals surface area contributed by atoms with E-state index in [1.165, 1.54) is 11.1 Å². The third kappa shape index (κ3) is 8.96. The van der Waals surface area contributed by atoms with Crippen molar-refractivity contribution in [3.05, 3.63) is 57.6 Å². The number of aromatic hydroxyl groups is 2. The van der Waals surface area contributed by atoms with Gasteiger partial charge in [0, 0.05) is 0 Å². The molecule has 2 aliphatic rings. The molecule has 0 aliphatic carbocycles. The van der Waals surface area contributed by atoms with Crippen LogP contribution in [0, 0.1) is 0 Å². The van der Waals surface area contributed by atoms with Crippen LogP contribution >= 0.6 is 0 Å². The zero-order valence-corrected chi connectivity index (χ0v) is 27.1. The van der Waals surface area contributed by atoms with Gasteiger partial charge in [-0.05, 0) is 61.5 Å². The minimum absolute atomic E-state index is 0.151. The lowest BCUT2D eigenvalue weighted by molar-refractivity contribution is 0.102. The quantitative estimate of drug-likeness (QED) is 0.358. The zero-order chi connectivity index (χ0) is 30.3. The fourth-order valence-corrected chi connectivity index (χ4v) is 4.77. The second kappa shape index (κ2) is 11.7. The molecule has 5 heteroatoms. The van der Waals surface area contributed by atoms with Gasteiger partial charge < -0.3 is 24.4 Å². The molecule has 0 radical (unpaired) electrons. The first-order valence-electron chi connectivity index (χ1n) is 14.7. The average Bonchev–Trinajstić information content (AvgIpc) is 3.69. The second-order valence-corrected chi connectivity index (χ2v) is 15.7. The Bertz CT molecular complexity index is 999. The third-order valence-electron chi connectivity index (χ3n) is 7.39. The number of benzene rings is 2. The lowest BCUT2D eigenvalue weighted by atomic mass is 9.76. The monoisotopic (exact) mass is 554 g/mol. The lowest BCUT2D eigenvalue weighted by Crippen LogP contribution is -2.19. The molecule has 0 amide bonds. The minimum Gasteiger partial charge on any atom is -0.507 e. The van der Waals surface area contributed by atoms with Crippen molar-refractivity contribution in [3.8, 4) is 11.5 Å². The van der Waals surface area contributed by atoms with Gasteiger partial charge in [-0.1, -0.05) is 107 Å². The maximum atomic E-state index is 11.1. The van der Waals surface area contributed by atoms with E-state index in [-0.39, 0.29) is 21.7 Å². The SMILES string of the molecule is C(OCC1CO1)C1CO1.CC(C)(C)c1cc(Cc2cc(C(C)(C)C)c(O)c(C(C)(C)C)c2)cc(C(C)(C)C)c1O. The number of rotatable bonds is 6. The first-order chi connectivity index (χ1) is 18.2. The van der Waals surface area contributed by atoms with Crippen molar-refractivity contribution in [3.63, 3.8) is 0 Å². The van der Waals surface area contributed by atoms with E-state index in [1.807, 2.05) is 0 Å². The van der Waals surface area contributed by atoms with Crippen LogP contribution in [0.3, 0.4) is 0 Å². The molecular formula is C35H54O5. The number of hydrogen-bond donors (Lipinski definition) is 2. The van der Waals surface area contributed by atoms with Crippen LogP contribution < -0.4 is 0 Å². The average molecular weight is 555 g/mol. The number of epoxide rings is 2. The van der Waals surface area contributed by atoms with Gasteiger partial charge in [0.05, 0.1) is 26.4 Å². The summed E-state index contributed by atoms with van der Waals surface area (Å²) in [6, 6.07) is 8.63. The van der Waals surface area contributed by atoms with E-state index < -0.39 is 0 Å². The fraction of sp³-hybridized carbons (Fsp3) is 0.657. The van der Waals surface area contributed by atoms with Gasteiger partial charge in [-0.3, -0.25) is 0 Å². The van der Waals surface area contributed by atoms with E-state index in [9.17, 15) is 10.2 Å². The molecular weight excluding hydrogens is 500 g/mol. The van der Waals surface area contributed by atoms with E-state index in [0.29, 0.717) is 23.7 Å². The Morgan fingerprint density at radius 3 is 1.02 bits per heavy atom. The third-order valence-corrected chi connectivity index (χ3v) is 7.39. The summed E-state index contributed by atoms with van der Waals surface area (Å²) in [7, 11) is 0. The normalized spacial score (nSPS) is 19.2. The standard InChI is InChI=1S/C29H44O2.C6H10O3/c1-26(2,3)20-14-18(15-21(24(20)30)27(4,5)6)13-19-16-22(28(7,8)9)25(31)23(17-19)29(10,11)12;1(5-3-8-5)7-2-6-4-9-6/h14-17,30-31H,13H2,1-12H3;5-6H,1-4H2. The lowest BCUT2D eigenvalue weighted by Gasteiger charge is -2.29. The topological polar surface area (TPSA) is 74.8 Å². The summed E-state index contributed by atoms with van der Waals surface area (Å²) in [6.07, 6.45) is 1.55. The summed E-state index contributed by atoms with van der Waals surface area (Å²) < 4.78 is 15.1. The first kappa shape index (κ1) is 32.4. The molecule has 2 aliphatic heterocycles. The van der Waals surface area contributed by atoms with E-state index in [4.69, 9.17) is 14.2 Å². The van der Waals surface area contributed by atoms with Crippen molar-refractivity contribution < 1.29 is 24.4 Å². The molecule has 0 spiro atoms. The molecule has 2 heterocycles. The van der Waals surface area contributed by atoms with Crippen LogP contribution in [-0.2, 0) is 42.3 Å². The highest BCUT2D eigenvalue weighted by molar-refractivity contribution is 5.53. The summed E-state index contributed by atoms with van der Waals surface area (Å²) in [6.45, 7) is 29.0. The molecule has 0 aromatic heterocycles. The molecule has 2 aromatic rings.